The van der Waals surface area contributed by atoms with Crippen molar-refractivity contribution in [2.24, 2.45) is 4.99 Å². The van der Waals surface area contributed by atoms with Crippen LogP contribution in [0.4, 0.5) is 0 Å². The zero-order valence-electron chi connectivity index (χ0n) is 20.1. The molecule has 0 radical (unpaired) electrons. The van der Waals surface area contributed by atoms with Gasteiger partial charge in [0.25, 0.3) is 5.91 Å². The van der Waals surface area contributed by atoms with E-state index in [1.165, 1.54) is 18.4 Å². The van der Waals surface area contributed by atoms with Gasteiger partial charge in [0, 0.05) is 42.8 Å². The van der Waals surface area contributed by atoms with E-state index in [0.29, 0.717) is 36.9 Å². The zero-order chi connectivity index (χ0) is 23.4. The van der Waals surface area contributed by atoms with Crippen molar-refractivity contribution in [1.82, 2.24) is 4.90 Å². The number of carbonyl (C=O) groups excluding carboxylic acids is 1. The van der Waals surface area contributed by atoms with Crippen LogP contribution in [-0.2, 0) is 4.74 Å². The molecular weight excluding hydrogens is 416 g/mol. The Hall–Kier alpha value is -2.86. The van der Waals surface area contributed by atoms with E-state index < -0.39 is 0 Å². The van der Waals surface area contributed by atoms with E-state index in [2.05, 4.69) is 12.1 Å². The summed E-state index contributed by atoms with van der Waals surface area (Å²) >= 11 is 0. The third-order valence-electron chi connectivity index (χ3n) is 6.87. The third-order valence-corrected chi connectivity index (χ3v) is 6.87. The first-order chi connectivity index (χ1) is 16.1. The van der Waals surface area contributed by atoms with Gasteiger partial charge in [-0.3, -0.25) is 9.79 Å². The topological polar surface area (TPSA) is 60.4 Å². The van der Waals surface area contributed by atoms with Crippen molar-refractivity contribution < 1.29 is 19.0 Å². The minimum atomic E-state index is 0.0193. The predicted molar refractivity (Wildman–Crippen MR) is 130 cm³/mol. The SMILES string of the molecule is CCN(CCOC)C(=O)c1ccc(C2=N[C@@H]3CCCC[C@@H]3c3cc(OC)c(OC)cc32)cc1. The highest BCUT2D eigenvalue weighted by atomic mass is 16.5. The summed E-state index contributed by atoms with van der Waals surface area (Å²) in [6, 6.07) is 12.3. The van der Waals surface area contributed by atoms with E-state index in [0.717, 1.165) is 35.4 Å². The van der Waals surface area contributed by atoms with Gasteiger partial charge in [-0.25, -0.2) is 0 Å². The molecule has 2 aromatic carbocycles. The van der Waals surface area contributed by atoms with Crippen LogP contribution < -0.4 is 9.47 Å². The number of rotatable bonds is 8. The van der Waals surface area contributed by atoms with E-state index in [4.69, 9.17) is 19.2 Å². The van der Waals surface area contributed by atoms with E-state index in [9.17, 15) is 4.79 Å². The summed E-state index contributed by atoms with van der Waals surface area (Å²) in [5.74, 6) is 1.91. The van der Waals surface area contributed by atoms with Crippen LogP contribution >= 0.6 is 0 Å². The maximum atomic E-state index is 12.9. The van der Waals surface area contributed by atoms with Crippen LogP contribution in [0.1, 0.15) is 65.6 Å². The maximum absolute atomic E-state index is 12.9. The molecule has 0 N–H and O–H groups in total. The number of likely N-dealkylation sites (N-methyl/N-ethyl adjacent to an activating group) is 1. The molecule has 6 nitrogen and oxygen atoms in total. The fourth-order valence-corrected chi connectivity index (χ4v) is 5.06. The molecule has 176 valence electrons. The summed E-state index contributed by atoms with van der Waals surface area (Å²) < 4.78 is 16.4. The summed E-state index contributed by atoms with van der Waals surface area (Å²) in [6.45, 7) is 3.74. The number of nitrogens with zero attached hydrogens (tertiary/aromatic N) is 2. The Bertz CT molecular complexity index is 1020. The van der Waals surface area contributed by atoms with Gasteiger partial charge in [-0.05, 0) is 49.6 Å². The lowest BCUT2D eigenvalue weighted by atomic mass is 9.75. The highest BCUT2D eigenvalue weighted by Crippen LogP contribution is 2.44. The van der Waals surface area contributed by atoms with E-state index in [1.54, 1.807) is 26.2 Å². The standard InChI is InChI=1S/C27H34N2O4/c1-5-29(14-15-31-2)27(30)19-12-10-18(11-13-19)26-22-17-25(33-4)24(32-3)16-21(22)20-8-6-7-9-23(20)28-26/h10-13,16-17,20,23H,5-9,14-15H2,1-4H3/t20-,23-/m1/s1. The van der Waals surface area contributed by atoms with Crippen molar-refractivity contribution in [3.8, 4) is 11.5 Å². The lowest BCUT2D eigenvalue weighted by Crippen LogP contribution is -2.33. The van der Waals surface area contributed by atoms with Crippen molar-refractivity contribution in [3.63, 3.8) is 0 Å². The van der Waals surface area contributed by atoms with Gasteiger partial charge < -0.3 is 19.1 Å². The van der Waals surface area contributed by atoms with Crippen LogP contribution in [0.2, 0.25) is 0 Å². The average Bonchev–Trinajstić information content (AvgIpc) is 2.87. The summed E-state index contributed by atoms with van der Waals surface area (Å²) in [4.78, 5) is 19.9. The van der Waals surface area contributed by atoms with Gasteiger partial charge in [0.15, 0.2) is 11.5 Å². The van der Waals surface area contributed by atoms with Gasteiger partial charge in [0.05, 0.1) is 32.6 Å². The quantitative estimate of drug-likeness (QED) is 0.585. The lowest BCUT2D eigenvalue weighted by Gasteiger charge is -2.35. The first kappa shape index (κ1) is 23.3. The molecule has 1 amide bonds. The molecule has 0 unspecified atom stereocenters. The highest BCUT2D eigenvalue weighted by molar-refractivity contribution is 6.15. The largest absolute Gasteiger partial charge is 0.493 e. The summed E-state index contributed by atoms with van der Waals surface area (Å²) in [6.07, 6.45) is 4.69. The van der Waals surface area contributed by atoms with Crippen molar-refractivity contribution >= 4 is 11.6 Å². The monoisotopic (exact) mass is 450 g/mol. The normalized spacial score (nSPS) is 19.2. The Morgan fingerprint density at radius 2 is 1.73 bits per heavy atom. The molecule has 1 fully saturated rings. The second kappa shape index (κ2) is 10.4. The summed E-state index contributed by atoms with van der Waals surface area (Å²) in [5.41, 5.74) is 5.06. The number of carbonyl (C=O) groups is 1. The van der Waals surface area contributed by atoms with Crippen LogP contribution in [0.15, 0.2) is 41.4 Å². The number of amides is 1. The second-order valence-corrected chi connectivity index (χ2v) is 8.69. The highest BCUT2D eigenvalue weighted by Gasteiger charge is 2.34. The minimum absolute atomic E-state index is 0.0193. The lowest BCUT2D eigenvalue weighted by molar-refractivity contribution is 0.0706. The van der Waals surface area contributed by atoms with Crippen LogP contribution in [0.5, 0.6) is 11.5 Å². The fraction of sp³-hybridized carbons (Fsp3) is 0.481. The van der Waals surface area contributed by atoms with E-state index >= 15 is 0 Å². The van der Waals surface area contributed by atoms with Crippen molar-refractivity contribution in [1.29, 1.82) is 0 Å². The number of ether oxygens (including phenoxy) is 3. The van der Waals surface area contributed by atoms with Gasteiger partial charge in [0.1, 0.15) is 0 Å². The van der Waals surface area contributed by atoms with Crippen LogP contribution in [0.25, 0.3) is 0 Å². The predicted octanol–water partition coefficient (Wildman–Crippen LogP) is 4.69. The molecule has 0 saturated heterocycles. The first-order valence-electron chi connectivity index (χ1n) is 11.8. The number of aliphatic imine (C=N–C) groups is 1. The smallest absolute Gasteiger partial charge is 0.253 e. The average molecular weight is 451 g/mol. The molecule has 1 heterocycles. The van der Waals surface area contributed by atoms with Gasteiger partial charge >= 0.3 is 0 Å². The Morgan fingerprint density at radius 3 is 2.39 bits per heavy atom. The Morgan fingerprint density at radius 1 is 1.03 bits per heavy atom. The number of hydrogen-bond acceptors (Lipinski definition) is 5. The molecule has 2 atom stereocenters. The molecule has 33 heavy (non-hydrogen) atoms. The van der Waals surface area contributed by atoms with Gasteiger partial charge in [-0.1, -0.05) is 25.0 Å². The number of hydrogen-bond donors (Lipinski definition) is 0. The molecular formula is C27H34N2O4. The van der Waals surface area contributed by atoms with Crippen LogP contribution in [0, 0.1) is 0 Å². The van der Waals surface area contributed by atoms with Crippen LogP contribution in [-0.4, -0.2) is 63.6 Å². The van der Waals surface area contributed by atoms with Crippen LogP contribution in [0.3, 0.4) is 0 Å². The fourth-order valence-electron chi connectivity index (χ4n) is 5.06. The molecule has 2 aliphatic rings. The van der Waals surface area contributed by atoms with Crippen molar-refractivity contribution in [2.45, 2.75) is 44.6 Å². The Kier molecular flexibility index (Phi) is 7.33. The maximum Gasteiger partial charge on any atom is 0.253 e. The Labute approximate surface area is 196 Å². The third kappa shape index (κ3) is 4.62. The minimum Gasteiger partial charge on any atom is -0.493 e. The zero-order valence-corrected chi connectivity index (χ0v) is 20.1. The molecule has 0 aromatic heterocycles. The molecule has 2 aromatic rings. The first-order valence-corrected chi connectivity index (χ1v) is 11.8. The Balaban J connectivity index is 1.70. The molecule has 6 heteroatoms. The van der Waals surface area contributed by atoms with Gasteiger partial charge in [-0.2, -0.15) is 0 Å². The molecule has 1 aliphatic carbocycles. The van der Waals surface area contributed by atoms with Gasteiger partial charge in [-0.15, -0.1) is 0 Å². The van der Waals surface area contributed by atoms with E-state index in [-0.39, 0.29) is 11.9 Å². The second-order valence-electron chi connectivity index (χ2n) is 8.69. The molecule has 0 spiro atoms. The summed E-state index contributed by atoms with van der Waals surface area (Å²) in [7, 11) is 5.00. The number of benzene rings is 2. The number of methoxy groups -OCH3 is 3. The summed E-state index contributed by atoms with van der Waals surface area (Å²) in [5, 5.41) is 0. The van der Waals surface area contributed by atoms with E-state index in [1.807, 2.05) is 31.2 Å². The number of fused-ring (bicyclic) bond motifs is 3. The van der Waals surface area contributed by atoms with Crippen molar-refractivity contribution in [3.05, 3.63) is 58.7 Å². The van der Waals surface area contributed by atoms with Crippen molar-refractivity contribution in [2.75, 3.05) is 41.0 Å². The molecule has 0 bridgehead atoms. The molecule has 4 rings (SSSR count). The van der Waals surface area contributed by atoms with Gasteiger partial charge in [0.2, 0.25) is 0 Å². The molecule has 1 aliphatic heterocycles. The molecule has 1 saturated carbocycles.